The predicted octanol–water partition coefficient (Wildman–Crippen LogP) is 5.39. The number of benzene rings is 2. The molecular formula is C21H20Cl3N3O. The number of anilines is 1. The van der Waals surface area contributed by atoms with Gasteiger partial charge in [0.2, 0.25) is 5.91 Å². The normalized spacial score (nSPS) is 19.7. The molecule has 2 heterocycles. The number of halogens is 3. The van der Waals surface area contributed by atoms with Crippen LogP contribution in [0.1, 0.15) is 24.8 Å². The number of hydrogen-bond acceptors (Lipinski definition) is 3. The Labute approximate surface area is 179 Å². The summed E-state index contributed by atoms with van der Waals surface area (Å²) in [5, 5.41) is 3.58. The molecule has 1 unspecified atom stereocenters. The molecule has 2 aromatic carbocycles. The van der Waals surface area contributed by atoms with Crippen molar-refractivity contribution in [1.29, 1.82) is 0 Å². The standard InChI is InChI=1S/C21H20Cl3N3O/c22-15-6-4-14(5-7-15)20-13-18(21(28)26-10-2-1-3-11-26)25-27(20)19-9-8-16(23)12-17(19)24/h4-9,12-13,18,25H,1-3,10-11H2. The molecule has 4 nitrogen and oxygen atoms in total. The summed E-state index contributed by atoms with van der Waals surface area (Å²) in [5.41, 5.74) is 5.85. The van der Waals surface area contributed by atoms with E-state index in [0.717, 1.165) is 42.9 Å². The maximum atomic E-state index is 13.1. The molecule has 0 aromatic heterocycles. The lowest BCUT2D eigenvalue weighted by Crippen LogP contribution is -2.49. The first-order valence-electron chi connectivity index (χ1n) is 9.31. The Balaban J connectivity index is 1.69. The van der Waals surface area contributed by atoms with Crippen molar-refractivity contribution in [1.82, 2.24) is 10.3 Å². The maximum absolute atomic E-state index is 13.1. The minimum Gasteiger partial charge on any atom is -0.341 e. The highest BCUT2D eigenvalue weighted by atomic mass is 35.5. The van der Waals surface area contributed by atoms with Crippen LogP contribution in [0.5, 0.6) is 0 Å². The molecule has 1 atom stereocenters. The fourth-order valence-corrected chi connectivity index (χ4v) is 4.24. The molecule has 2 aliphatic heterocycles. The third-order valence-electron chi connectivity index (χ3n) is 5.06. The average molecular weight is 437 g/mol. The molecule has 0 spiro atoms. The maximum Gasteiger partial charge on any atom is 0.245 e. The molecule has 1 fully saturated rings. The number of piperidine rings is 1. The molecule has 4 rings (SSSR count). The van der Waals surface area contributed by atoms with Gasteiger partial charge in [-0.05, 0) is 61.2 Å². The van der Waals surface area contributed by atoms with Gasteiger partial charge in [0, 0.05) is 23.1 Å². The van der Waals surface area contributed by atoms with Gasteiger partial charge in [0.1, 0.15) is 6.04 Å². The molecule has 0 radical (unpaired) electrons. The van der Waals surface area contributed by atoms with Gasteiger partial charge in [0.05, 0.1) is 16.4 Å². The van der Waals surface area contributed by atoms with Crippen molar-refractivity contribution in [2.24, 2.45) is 0 Å². The van der Waals surface area contributed by atoms with E-state index in [1.807, 2.05) is 46.3 Å². The van der Waals surface area contributed by atoms with Crippen LogP contribution in [0.3, 0.4) is 0 Å². The van der Waals surface area contributed by atoms with Crippen molar-refractivity contribution in [2.45, 2.75) is 25.3 Å². The SMILES string of the molecule is O=C(C1C=C(c2ccc(Cl)cc2)N(c2ccc(Cl)cc2Cl)N1)N1CCCCC1. The van der Waals surface area contributed by atoms with E-state index >= 15 is 0 Å². The van der Waals surface area contributed by atoms with Crippen LogP contribution in [-0.4, -0.2) is 29.9 Å². The number of rotatable bonds is 3. The van der Waals surface area contributed by atoms with E-state index < -0.39 is 6.04 Å². The van der Waals surface area contributed by atoms with Gasteiger partial charge in [0.15, 0.2) is 0 Å². The third-order valence-corrected chi connectivity index (χ3v) is 5.85. The van der Waals surface area contributed by atoms with Gasteiger partial charge in [-0.3, -0.25) is 9.80 Å². The van der Waals surface area contributed by atoms with Crippen LogP contribution in [0.15, 0.2) is 48.5 Å². The summed E-state index contributed by atoms with van der Waals surface area (Å²) < 4.78 is 0. The van der Waals surface area contributed by atoms with Gasteiger partial charge in [0.25, 0.3) is 0 Å². The molecule has 28 heavy (non-hydrogen) atoms. The first-order chi connectivity index (χ1) is 13.5. The Bertz CT molecular complexity index is 908. The van der Waals surface area contributed by atoms with E-state index in [9.17, 15) is 4.79 Å². The highest BCUT2D eigenvalue weighted by molar-refractivity contribution is 6.36. The number of hydrazine groups is 1. The molecule has 1 saturated heterocycles. The molecule has 2 aliphatic rings. The zero-order valence-corrected chi connectivity index (χ0v) is 17.4. The lowest BCUT2D eigenvalue weighted by Gasteiger charge is -2.30. The van der Waals surface area contributed by atoms with Crippen LogP contribution in [0.2, 0.25) is 15.1 Å². The van der Waals surface area contributed by atoms with Crippen molar-refractivity contribution in [3.8, 4) is 0 Å². The second-order valence-electron chi connectivity index (χ2n) is 6.98. The minimum absolute atomic E-state index is 0.0822. The fraction of sp³-hybridized carbons (Fsp3) is 0.286. The number of nitrogens with one attached hydrogen (secondary N) is 1. The van der Waals surface area contributed by atoms with Crippen LogP contribution in [0.4, 0.5) is 5.69 Å². The molecule has 7 heteroatoms. The number of amides is 1. The molecule has 1 amide bonds. The van der Waals surface area contributed by atoms with Crippen LogP contribution in [0, 0.1) is 0 Å². The van der Waals surface area contributed by atoms with Crippen molar-refractivity contribution in [2.75, 3.05) is 18.1 Å². The van der Waals surface area contributed by atoms with Gasteiger partial charge in [-0.2, -0.15) is 0 Å². The van der Waals surface area contributed by atoms with Gasteiger partial charge < -0.3 is 4.90 Å². The average Bonchev–Trinajstić information content (AvgIpc) is 3.13. The smallest absolute Gasteiger partial charge is 0.245 e. The Kier molecular flexibility index (Phi) is 5.83. The Morgan fingerprint density at radius 1 is 0.929 bits per heavy atom. The van der Waals surface area contributed by atoms with Crippen LogP contribution < -0.4 is 10.4 Å². The number of carbonyl (C=O) groups is 1. The van der Waals surface area contributed by atoms with Crippen molar-refractivity contribution >= 4 is 52.1 Å². The number of nitrogens with zero attached hydrogens (tertiary/aromatic N) is 2. The molecule has 146 valence electrons. The predicted molar refractivity (Wildman–Crippen MR) is 116 cm³/mol. The number of carbonyl (C=O) groups excluding carboxylic acids is 1. The summed E-state index contributed by atoms with van der Waals surface area (Å²) in [6.45, 7) is 1.62. The summed E-state index contributed by atoms with van der Waals surface area (Å²) >= 11 is 18.6. The highest BCUT2D eigenvalue weighted by Gasteiger charge is 2.33. The van der Waals surface area contributed by atoms with Crippen LogP contribution >= 0.6 is 34.8 Å². The lowest BCUT2D eigenvalue weighted by atomic mass is 10.1. The van der Waals surface area contributed by atoms with Gasteiger partial charge >= 0.3 is 0 Å². The number of hydrogen-bond donors (Lipinski definition) is 1. The Hall–Kier alpha value is -1.72. The van der Waals surface area contributed by atoms with Crippen LogP contribution in [-0.2, 0) is 4.79 Å². The Morgan fingerprint density at radius 3 is 2.29 bits per heavy atom. The van der Waals surface area contributed by atoms with E-state index in [4.69, 9.17) is 34.8 Å². The van der Waals surface area contributed by atoms with Crippen molar-refractivity contribution < 1.29 is 4.79 Å². The number of likely N-dealkylation sites (tertiary alicyclic amines) is 1. The van der Waals surface area contributed by atoms with E-state index in [0.29, 0.717) is 15.1 Å². The molecule has 0 bridgehead atoms. The third kappa shape index (κ3) is 4.01. The molecular weight excluding hydrogens is 417 g/mol. The zero-order valence-electron chi connectivity index (χ0n) is 15.2. The first-order valence-corrected chi connectivity index (χ1v) is 10.4. The van der Waals surface area contributed by atoms with Crippen molar-refractivity contribution in [3.63, 3.8) is 0 Å². The lowest BCUT2D eigenvalue weighted by molar-refractivity contribution is -0.132. The fourth-order valence-electron chi connectivity index (χ4n) is 3.62. The summed E-state index contributed by atoms with van der Waals surface area (Å²) in [5.74, 6) is 0.0822. The van der Waals surface area contributed by atoms with E-state index in [2.05, 4.69) is 5.43 Å². The summed E-state index contributed by atoms with van der Waals surface area (Å²) in [4.78, 5) is 15.0. The van der Waals surface area contributed by atoms with E-state index in [-0.39, 0.29) is 5.91 Å². The second-order valence-corrected chi connectivity index (χ2v) is 8.26. The summed E-state index contributed by atoms with van der Waals surface area (Å²) in [7, 11) is 0. The first kappa shape index (κ1) is 19.6. The molecule has 0 aliphatic carbocycles. The summed E-state index contributed by atoms with van der Waals surface area (Å²) in [6, 6.07) is 12.4. The zero-order chi connectivity index (χ0) is 19.7. The van der Waals surface area contributed by atoms with E-state index in [1.54, 1.807) is 12.1 Å². The Morgan fingerprint density at radius 2 is 1.61 bits per heavy atom. The minimum atomic E-state index is -0.449. The molecule has 2 aromatic rings. The quantitative estimate of drug-likeness (QED) is 0.700. The molecule has 0 saturated carbocycles. The van der Waals surface area contributed by atoms with Gasteiger partial charge in [-0.1, -0.05) is 46.9 Å². The van der Waals surface area contributed by atoms with Crippen molar-refractivity contribution in [3.05, 3.63) is 69.2 Å². The topological polar surface area (TPSA) is 35.6 Å². The second kappa shape index (κ2) is 8.34. The van der Waals surface area contributed by atoms with E-state index in [1.165, 1.54) is 6.42 Å². The van der Waals surface area contributed by atoms with Crippen LogP contribution in [0.25, 0.3) is 5.70 Å². The molecule has 1 N–H and O–H groups in total. The largest absolute Gasteiger partial charge is 0.341 e. The van der Waals surface area contributed by atoms with Gasteiger partial charge in [-0.15, -0.1) is 0 Å². The summed E-state index contributed by atoms with van der Waals surface area (Å²) in [6.07, 6.45) is 5.24. The monoisotopic (exact) mass is 435 g/mol. The van der Waals surface area contributed by atoms with Gasteiger partial charge in [-0.25, -0.2) is 5.43 Å². The highest BCUT2D eigenvalue weighted by Crippen LogP contribution is 2.36.